The van der Waals surface area contributed by atoms with Gasteiger partial charge in [0.25, 0.3) is 0 Å². The van der Waals surface area contributed by atoms with E-state index in [-0.39, 0.29) is 6.04 Å². The fourth-order valence-electron chi connectivity index (χ4n) is 2.70. The average Bonchev–Trinajstić information content (AvgIpc) is 2.86. The van der Waals surface area contributed by atoms with Crippen LogP contribution in [0.15, 0.2) is 48.5 Å². The Labute approximate surface area is 118 Å². The van der Waals surface area contributed by atoms with Gasteiger partial charge in [0.05, 0.1) is 12.8 Å². The smallest absolute Gasteiger partial charge is 0.128 e. The van der Waals surface area contributed by atoms with Crippen LogP contribution < -0.4 is 10.5 Å². The first-order chi connectivity index (χ1) is 9.72. The number of nitrogens with two attached hydrogens (primary N) is 1. The molecule has 1 aromatic heterocycles. The van der Waals surface area contributed by atoms with Crippen LogP contribution in [0.3, 0.4) is 0 Å². The molecule has 0 aliphatic rings. The molecular weight excluding hydrogens is 248 g/mol. The van der Waals surface area contributed by atoms with Crippen molar-refractivity contribution in [3.63, 3.8) is 0 Å². The average molecular weight is 266 g/mol. The molecule has 3 N–H and O–H groups in total. The molecule has 3 rings (SSSR count). The van der Waals surface area contributed by atoms with Crippen molar-refractivity contribution in [2.45, 2.75) is 13.0 Å². The molecular formula is C17H18N2O. The molecule has 3 aromatic rings. The highest BCUT2D eigenvalue weighted by Crippen LogP contribution is 2.37. The zero-order chi connectivity index (χ0) is 14.1. The Morgan fingerprint density at radius 1 is 1.05 bits per heavy atom. The highest BCUT2D eigenvalue weighted by molar-refractivity contribution is 5.92. The van der Waals surface area contributed by atoms with E-state index in [0.29, 0.717) is 0 Å². The lowest BCUT2D eigenvalue weighted by Crippen LogP contribution is -2.06. The maximum absolute atomic E-state index is 6.19. The van der Waals surface area contributed by atoms with Gasteiger partial charge in [0.2, 0.25) is 0 Å². The van der Waals surface area contributed by atoms with Gasteiger partial charge in [0.15, 0.2) is 0 Å². The van der Waals surface area contributed by atoms with Gasteiger partial charge in [-0.05, 0) is 25.1 Å². The standard InChI is InChI=1S/C17H18N2O/c1-11(18)16-12-7-3-5-9-14(12)19-17(16)13-8-4-6-10-15(13)20-2/h3-11,19H,18H2,1-2H3. The van der Waals surface area contributed by atoms with E-state index in [0.717, 1.165) is 28.1 Å². The number of aromatic nitrogens is 1. The third-order valence-electron chi connectivity index (χ3n) is 3.58. The quantitative estimate of drug-likeness (QED) is 0.756. The first-order valence-electron chi connectivity index (χ1n) is 6.72. The summed E-state index contributed by atoms with van der Waals surface area (Å²) in [6.45, 7) is 2.01. The van der Waals surface area contributed by atoms with Gasteiger partial charge >= 0.3 is 0 Å². The topological polar surface area (TPSA) is 51.0 Å². The van der Waals surface area contributed by atoms with Crippen molar-refractivity contribution >= 4 is 10.9 Å². The minimum absolute atomic E-state index is 0.0499. The van der Waals surface area contributed by atoms with Gasteiger partial charge in [-0.15, -0.1) is 0 Å². The molecule has 0 fully saturated rings. The predicted octanol–water partition coefficient (Wildman–Crippen LogP) is 3.86. The van der Waals surface area contributed by atoms with Crippen molar-refractivity contribution in [1.82, 2.24) is 4.98 Å². The molecule has 20 heavy (non-hydrogen) atoms. The Morgan fingerprint density at radius 2 is 1.75 bits per heavy atom. The Morgan fingerprint density at radius 3 is 2.50 bits per heavy atom. The highest BCUT2D eigenvalue weighted by atomic mass is 16.5. The van der Waals surface area contributed by atoms with E-state index in [1.807, 2.05) is 37.3 Å². The number of aromatic amines is 1. The van der Waals surface area contributed by atoms with E-state index in [9.17, 15) is 0 Å². The maximum atomic E-state index is 6.19. The lowest BCUT2D eigenvalue weighted by molar-refractivity contribution is 0.416. The summed E-state index contributed by atoms with van der Waals surface area (Å²) in [5, 5.41) is 1.17. The lowest BCUT2D eigenvalue weighted by atomic mass is 10.00. The molecule has 1 heterocycles. The summed E-state index contributed by atoms with van der Waals surface area (Å²) in [5.74, 6) is 0.848. The number of nitrogens with one attached hydrogen (secondary N) is 1. The molecule has 0 radical (unpaired) electrons. The molecule has 0 amide bonds. The van der Waals surface area contributed by atoms with Crippen molar-refractivity contribution in [3.8, 4) is 17.0 Å². The van der Waals surface area contributed by atoms with Gasteiger partial charge in [-0.3, -0.25) is 0 Å². The minimum Gasteiger partial charge on any atom is -0.496 e. The van der Waals surface area contributed by atoms with Gasteiger partial charge < -0.3 is 15.5 Å². The van der Waals surface area contributed by atoms with E-state index < -0.39 is 0 Å². The molecule has 0 saturated carbocycles. The summed E-state index contributed by atoms with van der Waals surface area (Å²) in [7, 11) is 1.69. The largest absolute Gasteiger partial charge is 0.496 e. The van der Waals surface area contributed by atoms with Crippen molar-refractivity contribution in [2.75, 3.05) is 7.11 Å². The van der Waals surface area contributed by atoms with Gasteiger partial charge in [0, 0.05) is 28.1 Å². The summed E-state index contributed by atoms with van der Waals surface area (Å²) in [4.78, 5) is 3.48. The molecule has 3 heteroatoms. The number of ether oxygens (including phenoxy) is 1. The molecule has 0 saturated heterocycles. The number of methoxy groups -OCH3 is 1. The van der Waals surface area contributed by atoms with Crippen LogP contribution in [0.2, 0.25) is 0 Å². The van der Waals surface area contributed by atoms with Crippen LogP contribution in [0, 0.1) is 0 Å². The Kier molecular flexibility index (Phi) is 3.20. The lowest BCUT2D eigenvalue weighted by Gasteiger charge is -2.11. The van der Waals surface area contributed by atoms with Gasteiger partial charge in [0.1, 0.15) is 5.75 Å². The van der Waals surface area contributed by atoms with Crippen LogP contribution in [0.1, 0.15) is 18.5 Å². The molecule has 0 bridgehead atoms. The number of para-hydroxylation sites is 2. The number of rotatable bonds is 3. The van der Waals surface area contributed by atoms with E-state index in [1.165, 1.54) is 5.39 Å². The Hall–Kier alpha value is -2.26. The molecule has 0 spiro atoms. The summed E-state index contributed by atoms with van der Waals surface area (Å²) in [6.07, 6.45) is 0. The molecule has 3 nitrogen and oxygen atoms in total. The molecule has 2 aromatic carbocycles. The summed E-state index contributed by atoms with van der Waals surface area (Å²) in [6, 6.07) is 16.2. The SMILES string of the molecule is COc1ccccc1-c1[nH]c2ccccc2c1C(C)N. The van der Waals surface area contributed by atoms with Gasteiger partial charge in [-0.2, -0.15) is 0 Å². The number of benzene rings is 2. The highest BCUT2D eigenvalue weighted by Gasteiger charge is 2.18. The van der Waals surface area contributed by atoms with Crippen LogP contribution in [0.5, 0.6) is 5.75 Å². The fraction of sp³-hybridized carbons (Fsp3) is 0.176. The van der Waals surface area contributed by atoms with Crippen LogP contribution >= 0.6 is 0 Å². The summed E-state index contributed by atoms with van der Waals surface area (Å²) < 4.78 is 5.47. The van der Waals surface area contributed by atoms with Crippen molar-refractivity contribution < 1.29 is 4.74 Å². The zero-order valence-corrected chi connectivity index (χ0v) is 11.7. The molecule has 1 unspecified atom stereocenters. The van der Waals surface area contributed by atoms with E-state index in [2.05, 4.69) is 23.2 Å². The van der Waals surface area contributed by atoms with E-state index >= 15 is 0 Å². The first kappa shape index (κ1) is 12.8. The second-order valence-electron chi connectivity index (χ2n) is 4.95. The fourth-order valence-corrected chi connectivity index (χ4v) is 2.70. The van der Waals surface area contributed by atoms with Crippen LogP contribution in [-0.4, -0.2) is 12.1 Å². The zero-order valence-electron chi connectivity index (χ0n) is 11.7. The van der Waals surface area contributed by atoms with E-state index in [4.69, 9.17) is 10.5 Å². The molecule has 1 atom stereocenters. The van der Waals surface area contributed by atoms with E-state index in [1.54, 1.807) is 7.11 Å². The molecule has 0 aliphatic carbocycles. The normalized spacial score (nSPS) is 12.6. The van der Waals surface area contributed by atoms with Crippen molar-refractivity contribution in [3.05, 3.63) is 54.1 Å². The van der Waals surface area contributed by atoms with Gasteiger partial charge in [-0.1, -0.05) is 30.3 Å². The predicted molar refractivity (Wildman–Crippen MR) is 82.9 cm³/mol. The maximum Gasteiger partial charge on any atom is 0.128 e. The first-order valence-corrected chi connectivity index (χ1v) is 6.72. The van der Waals surface area contributed by atoms with Crippen molar-refractivity contribution in [2.24, 2.45) is 5.73 Å². The molecule has 102 valence electrons. The molecule has 0 aliphatic heterocycles. The second kappa shape index (κ2) is 5.02. The van der Waals surface area contributed by atoms with Crippen LogP contribution in [0.4, 0.5) is 0 Å². The van der Waals surface area contributed by atoms with Crippen molar-refractivity contribution in [1.29, 1.82) is 0 Å². The third-order valence-corrected chi connectivity index (χ3v) is 3.58. The van der Waals surface area contributed by atoms with Crippen LogP contribution in [-0.2, 0) is 0 Å². The number of fused-ring (bicyclic) bond motifs is 1. The summed E-state index contributed by atoms with van der Waals surface area (Å²) in [5.41, 5.74) is 10.5. The van der Waals surface area contributed by atoms with Crippen LogP contribution in [0.25, 0.3) is 22.2 Å². The number of H-pyrrole nitrogens is 1. The monoisotopic (exact) mass is 266 g/mol. The Bertz CT molecular complexity index is 744. The second-order valence-corrected chi connectivity index (χ2v) is 4.95. The number of hydrogen-bond donors (Lipinski definition) is 2. The minimum atomic E-state index is -0.0499. The summed E-state index contributed by atoms with van der Waals surface area (Å²) >= 11 is 0. The van der Waals surface area contributed by atoms with Gasteiger partial charge in [-0.25, -0.2) is 0 Å². The third kappa shape index (κ3) is 1.96. The Balaban J connectivity index is 2.33. The number of hydrogen-bond acceptors (Lipinski definition) is 2.